The lowest BCUT2D eigenvalue weighted by Gasteiger charge is -2.13. The largest absolute Gasteiger partial charge is 0.373 e. The van der Waals surface area contributed by atoms with Crippen LogP contribution in [0.25, 0.3) is 0 Å². The second-order valence-corrected chi connectivity index (χ2v) is 4.75. The van der Waals surface area contributed by atoms with Gasteiger partial charge in [0.2, 0.25) is 0 Å². The molecule has 0 amide bonds. The minimum absolute atomic E-state index is 0. The Labute approximate surface area is 120 Å². The summed E-state index contributed by atoms with van der Waals surface area (Å²) in [6, 6.07) is 8.51. The highest BCUT2D eigenvalue weighted by atomic mass is 35.5. The molecule has 0 aliphatic carbocycles. The van der Waals surface area contributed by atoms with Gasteiger partial charge in [-0.1, -0.05) is 38.1 Å². The molecule has 2 unspecified atom stereocenters. The maximum atomic E-state index is 10.0. The fourth-order valence-electron chi connectivity index (χ4n) is 1.98. The van der Waals surface area contributed by atoms with Crippen LogP contribution < -0.4 is 0 Å². The van der Waals surface area contributed by atoms with E-state index in [1.54, 1.807) is 23.3 Å². The summed E-state index contributed by atoms with van der Waals surface area (Å²) >= 11 is 0. The number of hydrogen-bond acceptors (Lipinski definition) is 2. The highest BCUT2D eigenvalue weighted by molar-refractivity contribution is 5.85. The van der Waals surface area contributed by atoms with Crippen molar-refractivity contribution in [3.63, 3.8) is 0 Å². The van der Waals surface area contributed by atoms with Crippen molar-refractivity contribution in [2.75, 3.05) is 0 Å². The molecule has 0 fully saturated rings. The van der Waals surface area contributed by atoms with Gasteiger partial charge in [0.1, 0.15) is 6.23 Å². The summed E-state index contributed by atoms with van der Waals surface area (Å²) in [5.74, 6) is 0.595. The summed E-state index contributed by atoms with van der Waals surface area (Å²) in [6.45, 7) is 4.43. The zero-order chi connectivity index (χ0) is 13.0. The van der Waals surface area contributed by atoms with E-state index in [-0.39, 0.29) is 12.4 Å². The average Bonchev–Trinajstić information content (AvgIpc) is 2.92. The SMILES string of the molecule is CCC(C)c1ccc(CC(O)n2ccnc2)cc1.Cl. The van der Waals surface area contributed by atoms with E-state index in [9.17, 15) is 5.11 Å². The fourth-order valence-corrected chi connectivity index (χ4v) is 1.98. The molecule has 1 aromatic carbocycles. The van der Waals surface area contributed by atoms with Crippen LogP contribution in [0.5, 0.6) is 0 Å². The normalized spacial score (nSPS) is 13.6. The molecule has 19 heavy (non-hydrogen) atoms. The molecule has 2 aromatic rings. The molecule has 0 bridgehead atoms. The van der Waals surface area contributed by atoms with E-state index in [1.807, 2.05) is 0 Å². The summed E-state index contributed by atoms with van der Waals surface area (Å²) in [6.07, 6.45) is 6.31. The van der Waals surface area contributed by atoms with Gasteiger partial charge in [-0.2, -0.15) is 0 Å². The number of imidazole rings is 1. The number of halogens is 1. The number of aliphatic hydroxyl groups is 1. The first kappa shape index (κ1) is 15.7. The van der Waals surface area contributed by atoms with E-state index >= 15 is 0 Å². The minimum atomic E-state index is -0.540. The zero-order valence-electron chi connectivity index (χ0n) is 11.4. The van der Waals surface area contributed by atoms with Crippen LogP contribution in [0.2, 0.25) is 0 Å². The molecule has 0 spiro atoms. The predicted molar refractivity (Wildman–Crippen MR) is 79.6 cm³/mol. The summed E-state index contributed by atoms with van der Waals surface area (Å²) in [4.78, 5) is 3.94. The molecule has 1 aromatic heterocycles. The lowest BCUT2D eigenvalue weighted by Crippen LogP contribution is -2.09. The fraction of sp³-hybridized carbons (Fsp3) is 0.400. The second-order valence-electron chi connectivity index (χ2n) is 4.75. The van der Waals surface area contributed by atoms with Crippen LogP contribution in [0.4, 0.5) is 0 Å². The smallest absolute Gasteiger partial charge is 0.135 e. The van der Waals surface area contributed by atoms with E-state index in [2.05, 4.69) is 43.1 Å². The first-order valence-electron chi connectivity index (χ1n) is 6.45. The summed E-state index contributed by atoms with van der Waals surface area (Å²) in [5.41, 5.74) is 2.50. The quantitative estimate of drug-likeness (QED) is 0.909. The Bertz CT molecular complexity index is 467. The highest BCUT2D eigenvalue weighted by Crippen LogP contribution is 2.20. The molecule has 3 nitrogen and oxygen atoms in total. The summed E-state index contributed by atoms with van der Waals surface area (Å²) in [5, 5.41) is 10.0. The van der Waals surface area contributed by atoms with Crippen LogP contribution in [-0.2, 0) is 6.42 Å². The topological polar surface area (TPSA) is 38.0 Å². The molecule has 2 rings (SSSR count). The van der Waals surface area contributed by atoms with Crippen molar-refractivity contribution in [3.05, 3.63) is 54.1 Å². The van der Waals surface area contributed by atoms with Gasteiger partial charge in [-0.3, -0.25) is 0 Å². The molecule has 0 aliphatic heterocycles. The van der Waals surface area contributed by atoms with Crippen LogP contribution in [-0.4, -0.2) is 14.7 Å². The second kappa shape index (κ2) is 7.31. The molecule has 0 aliphatic rings. The maximum absolute atomic E-state index is 10.0. The Morgan fingerprint density at radius 3 is 2.47 bits per heavy atom. The first-order chi connectivity index (χ1) is 8.70. The highest BCUT2D eigenvalue weighted by Gasteiger charge is 2.08. The van der Waals surface area contributed by atoms with E-state index in [0.29, 0.717) is 12.3 Å². The summed E-state index contributed by atoms with van der Waals surface area (Å²) in [7, 11) is 0. The number of benzene rings is 1. The molecular formula is C15H21ClN2O. The van der Waals surface area contributed by atoms with Crippen molar-refractivity contribution >= 4 is 12.4 Å². The van der Waals surface area contributed by atoms with E-state index in [1.165, 1.54) is 5.56 Å². The maximum Gasteiger partial charge on any atom is 0.135 e. The number of rotatable bonds is 5. The summed E-state index contributed by atoms with van der Waals surface area (Å²) < 4.78 is 1.71. The van der Waals surface area contributed by atoms with Gasteiger partial charge in [0.15, 0.2) is 0 Å². The van der Waals surface area contributed by atoms with Gasteiger partial charge in [0.05, 0.1) is 6.33 Å². The van der Waals surface area contributed by atoms with Gasteiger partial charge in [-0.15, -0.1) is 12.4 Å². The average molecular weight is 281 g/mol. The lowest BCUT2D eigenvalue weighted by molar-refractivity contribution is 0.104. The number of hydrogen-bond donors (Lipinski definition) is 1. The number of nitrogens with zero attached hydrogens (tertiary/aromatic N) is 2. The molecule has 2 atom stereocenters. The molecule has 4 heteroatoms. The van der Waals surface area contributed by atoms with Crippen molar-refractivity contribution < 1.29 is 5.11 Å². The van der Waals surface area contributed by atoms with Crippen LogP contribution >= 0.6 is 12.4 Å². The molecule has 0 saturated carbocycles. The lowest BCUT2D eigenvalue weighted by atomic mass is 9.97. The molecular weight excluding hydrogens is 260 g/mol. The number of aliphatic hydroxyl groups excluding tert-OH is 1. The Balaban J connectivity index is 0.00000180. The van der Waals surface area contributed by atoms with Gasteiger partial charge >= 0.3 is 0 Å². The van der Waals surface area contributed by atoms with Crippen molar-refractivity contribution in [3.8, 4) is 0 Å². The first-order valence-corrected chi connectivity index (χ1v) is 6.45. The molecule has 1 N–H and O–H groups in total. The van der Waals surface area contributed by atoms with Gasteiger partial charge in [-0.25, -0.2) is 4.98 Å². The Hall–Kier alpha value is -1.32. The third kappa shape index (κ3) is 4.08. The van der Waals surface area contributed by atoms with Crippen LogP contribution in [0.15, 0.2) is 43.0 Å². The predicted octanol–water partition coefficient (Wildman–Crippen LogP) is 3.55. The third-order valence-corrected chi connectivity index (χ3v) is 3.45. The van der Waals surface area contributed by atoms with Crippen LogP contribution in [0.3, 0.4) is 0 Å². The van der Waals surface area contributed by atoms with Crippen molar-refractivity contribution in [2.45, 2.75) is 38.8 Å². The standard InChI is InChI=1S/C15H20N2O.ClH/c1-3-12(2)14-6-4-13(5-7-14)10-15(18)17-9-8-16-11-17;/h4-9,11-12,15,18H,3,10H2,1-2H3;1H. The zero-order valence-corrected chi connectivity index (χ0v) is 12.2. The Morgan fingerprint density at radius 2 is 1.95 bits per heavy atom. The van der Waals surface area contributed by atoms with Gasteiger partial charge < -0.3 is 9.67 Å². The van der Waals surface area contributed by atoms with Gasteiger partial charge in [0, 0.05) is 18.8 Å². The van der Waals surface area contributed by atoms with E-state index in [0.717, 1.165) is 12.0 Å². The Morgan fingerprint density at radius 1 is 1.26 bits per heavy atom. The van der Waals surface area contributed by atoms with Crippen molar-refractivity contribution in [2.24, 2.45) is 0 Å². The van der Waals surface area contributed by atoms with E-state index < -0.39 is 6.23 Å². The minimum Gasteiger partial charge on any atom is -0.373 e. The number of aromatic nitrogens is 2. The Kier molecular flexibility index (Phi) is 6.06. The van der Waals surface area contributed by atoms with Gasteiger partial charge in [0.25, 0.3) is 0 Å². The molecule has 1 heterocycles. The van der Waals surface area contributed by atoms with Crippen molar-refractivity contribution in [1.82, 2.24) is 9.55 Å². The van der Waals surface area contributed by atoms with Crippen LogP contribution in [0.1, 0.15) is 43.5 Å². The monoisotopic (exact) mass is 280 g/mol. The molecule has 0 saturated heterocycles. The van der Waals surface area contributed by atoms with Crippen LogP contribution in [0, 0.1) is 0 Å². The molecule has 104 valence electrons. The molecule has 0 radical (unpaired) electrons. The van der Waals surface area contributed by atoms with E-state index in [4.69, 9.17) is 0 Å². The van der Waals surface area contributed by atoms with Gasteiger partial charge in [-0.05, 0) is 23.5 Å². The van der Waals surface area contributed by atoms with Crippen molar-refractivity contribution in [1.29, 1.82) is 0 Å². The third-order valence-electron chi connectivity index (χ3n) is 3.45.